The number of hydrogen-bond acceptors (Lipinski definition) is 4. The van der Waals surface area contributed by atoms with Crippen LogP contribution in [0.2, 0.25) is 0 Å². The lowest BCUT2D eigenvalue weighted by atomic mass is 10.2. The van der Waals surface area contributed by atoms with Crippen molar-refractivity contribution in [1.82, 2.24) is 4.90 Å². The Morgan fingerprint density at radius 2 is 1.95 bits per heavy atom. The van der Waals surface area contributed by atoms with E-state index in [-0.39, 0.29) is 18.2 Å². The Hall–Kier alpha value is -2.11. The van der Waals surface area contributed by atoms with E-state index in [1.165, 1.54) is 12.1 Å². The molecule has 0 N–H and O–H groups in total. The number of non-ortho nitro benzene ring substituents is 1. The third-order valence-corrected chi connectivity index (χ3v) is 3.35. The summed E-state index contributed by atoms with van der Waals surface area (Å²) in [5, 5.41) is 10.7. The summed E-state index contributed by atoms with van der Waals surface area (Å²) >= 11 is 0. The zero-order chi connectivity index (χ0) is 14.4. The lowest BCUT2D eigenvalue weighted by Crippen LogP contribution is -2.35. The van der Waals surface area contributed by atoms with Gasteiger partial charge in [-0.1, -0.05) is 18.9 Å². The molecular weight excluding hydrogens is 260 g/mol. The van der Waals surface area contributed by atoms with Crippen LogP contribution in [0, 0.1) is 10.1 Å². The molecule has 0 spiro atoms. The SMILES string of the molecule is O=C(COc1cccc([N+](=O)[O-])c1)N1CCCCCC1. The fraction of sp³-hybridized carbons (Fsp3) is 0.500. The van der Waals surface area contributed by atoms with Crippen LogP contribution in [-0.2, 0) is 4.79 Å². The van der Waals surface area contributed by atoms with Crippen molar-refractivity contribution in [3.8, 4) is 5.75 Å². The minimum Gasteiger partial charge on any atom is -0.484 e. The van der Waals surface area contributed by atoms with E-state index in [9.17, 15) is 14.9 Å². The van der Waals surface area contributed by atoms with Crippen LogP contribution < -0.4 is 4.74 Å². The maximum atomic E-state index is 12.0. The molecule has 20 heavy (non-hydrogen) atoms. The fourth-order valence-corrected chi connectivity index (χ4v) is 2.24. The molecule has 0 unspecified atom stereocenters. The van der Waals surface area contributed by atoms with Crippen LogP contribution in [0.4, 0.5) is 5.69 Å². The minimum atomic E-state index is -0.483. The van der Waals surface area contributed by atoms with Gasteiger partial charge in [0.25, 0.3) is 11.6 Å². The molecule has 0 saturated carbocycles. The number of rotatable bonds is 4. The lowest BCUT2D eigenvalue weighted by Gasteiger charge is -2.20. The van der Waals surface area contributed by atoms with Crippen LogP contribution in [-0.4, -0.2) is 35.4 Å². The summed E-state index contributed by atoms with van der Waals surface area (Å²) in [6.07, 6.45) is 4.39. The second-order valence-electron chi connectivity index (χ2n) is 4.84. The van der Waals surface area contributed by atoms with Gasteiger partial charge in [-0.05, 0) is 18.9 Å². The Morgan fingerprint density at radius 3 is 2.60 bits per heavy atom. The standard InChI is InChI=1S/C14H18N2O4/c17-14(15-8-3-1-2-4-9-15)11-20-13-7-5-6-12(10-13)16(18)19/h5-7,10H,1-4,8-9,11H2. The van der Waals surface area contributed by atoms with Crippen molar-refractivity contribution in [2.24, 2.45) is 0 Å². The Labute approximate surface area is 117 Å². The van der Waals surface area contributed by atoms with Gasteiger partial charge in [0, 0.05) is 19.2 Å². The number of hydrogen-bond donors (Lipinski definition) is 0. The van der Waals surface area contributed by atoms with Crippen molar-refractivity contribution in [3.05, 3.63) is 34.4 Å². The minimum absolute atomic E-state index is 0.0373. The first-order chi connectivity index (χ1) is 9.66. The number of carbonyl (C=O) groups is 1. The second kappa shape index (κ2) is 6.88. The van der Waals surface area contributed by atoms with E-state index in [0.29, 0.717) is 5.75 Å². The van der Waals surface area contributed by atoms with E-state index in [2.05, 4.69) is 0 Å². The zero-order valence-electron chi connectivity index (χ0n) is 11.3. The van der Waals surface area contributed by atoms with E-state index in [0.717, 1.165) is 38.8 Å². The molecule has 6 heteroatoms. The Morgan fingerprint density at radius 1 is 1.25 bits per heavy atom. The molecule has 0 aromatic heterocycles. The van der Waals surface area contributed by atoms with Gasteiger partial charge in [-0.25, -0.2) is 0 Å². The third kappa shape index (κ3) is 3.94. The highest BCUT2D eigenvalue weighted by atomic mass is 16.6. The van der Waals surface area contributed by atoms with Gasteiger partial charge in [-0.15, -0.1) is 0 Å². The van der Waals surface area contributed by atoms with Gasteiger partial charge in [0.2, 0.25) is 0 Å². The summed E-state index contributed by atoms with van der Waals surface area (Å²) in [6.45, 7) is 1.48. The van der Waals surface area contributed by atoms with Gasteiger partial charge in [0.1, 0.15) is 5.75 Å². The van der Waals surface area contributed by atoms with Gasteiger partial charge in [0.05, 0.1) is 11.0 Å². The summed E-state index contributed by atoms with van der Waals surface area (Å²) in [5.41, 5.74) is -0.0373. The van der Waals surface area contributed by atoms with Crippen LogP contribution >= 0.6 is 0 Å². The highest BCUT2D eigenvalue weighted by molar-refractivity contribution is 5.77. The molecule has 1 fully saturated rings. The number of nitro groups is 1. The van der Waals surface area contributed by atoms with Crippen LogP contribution in [0.25, 0.3) is 0 Å². The number of ether oxygens (including phenoxy) is 1. The maximum absolute atomic E-state index is 12.0. The highest BCUT2D eigenvalue weighted by Crippen LogP contribution is 2.19. The number of amides is 1. The molecule has 0 radical (unpaired) electrons. The summed E-state index contributed by atoms with van der Waals surface area (Å²) < 4.78 is 5.36. The van der Waals surface area contributed by atoms with Gasteiger partial charge < -0.3 is 9.64 Å². The van der Waals surface area contributed by atoms with E-state index in [1.54, 1.807) is 12.1 Å². The Kier molecular flexibility index (Phi) is 4.92. The van der Waals surface area contributed by atoms with Crippen LogP contribution in [0.15, 0.2) is 24.3 Å². The summed E-state index contributed by atoms with van der Waals surface area (Å²) in [6, 6.07) is 5.88. The smallest absolute Gasteiger partial charge is 0.273 e. The summed E-state index contributed by atoms with van der Waals surface area (Å²) in [7, 11) is 0. The van der Waals surface area contributed by atoms with Crippen molar-refractivity contribution < 1.29 is 14.5 Å². The molecule has 6 nitrogen and oxygen atoms in total. The molecule has 2 rings (SSSR count). The van der Waals surface area contributed by atoms with Crippen molar-refractivity contribution in [2.75, 3.05) is 19.7 Å². The number of likely N-dealkylation sites (tertiary alicyclic amines) is 1. The van der Waals surface area contributed by atoms with Gasteiger partial charge in [-0.2, -0.15) is 0 Å². The molecule has 108 valence electrons. The van der Waals surface area contributed by atoms with Gasteiger partial charge in [0.15, 0.2) is 6.61 Å². The lowest BCUT2D eigenvalue weighted by molar-refractivity contribution is -0.384. The van der Waals surface area contributed by atoms with Crippen molar-refractivity contribution in [1.29, 1.82) is 0 Å². The van der Waals surface area contributed by atoms with E-state index in [1.807, 2.05) is 4.90 Å². The average Bonchev–Trinajstić information content (AvgIpc) is 2.74. The first-order valence-corrected chi connectivity index (χ1v) is 6.82. The monoisotopic (exact) mass is 278 g/mol. The van der Waals surface area contributed by atoms with Crippen LogP contribution in [0.3, 0.4) is 0 Å². The Bertz CT molecular complexity index is 482. The summed E-state index contributed by atoms with van der Waals surface area (Å²) in [4.78, 5) is 24.0. The van der Waals surface area contributed by atoms with Crippen molar-refractivity contribution >= 4 is 11.6 Å². The quantitative estimate of drug-likeness (QED) is 0.626. The molecule has 1 amide bonds. The molecule has 1 heterocycles. The van der Waals surface area contributed by atoms with Crippen molar-refractivity contribution in [2.45, 2.75) is 25.7 Å². The normalized spacial score (nSPS) is 15.5. The number of benzene rings is 1. The molecule has 1 aliphatic rings. The molecule has 1 aliphatic heterocycles. The van der Waals surface area contributed by atoms with Crippen LogP contribution in [0.1, 0.15) is 25.7 Å². The Balaban J connectivity index is 1.89. The predicted octanol–water partition coefficient (Wildman–Crippen LogP) is 2.38. The first-order valence-electron chi connectivity index (χ1n) is 6.82. The third-order valence-electron chi connectivity index (χ3n) is 3.35. The largest absolute Gasteiger partial charge is 0.484 e. The number of carbonyl (C=O) groups excluding carboxylic acids is 1. The number of nitro benzene ring substituents is 1. The molecule has 0 bridgehead atoms. The average molecular weight is 278 g/mol. The first kappa shape index (κ1) is 14.3. The molecule has 0 atom stereocenters. The maximum Gasteiger partial charge on any atom is 0.273 e. The zero-order valence-corrected chi connectivity index (χ0v) is 11.3. The van der Waals surface area contributed by atoms with E-state index < -0.39 is 4.92 Å². The van der Waals surface area contributed by atoms with E-state index >= 15 is 0 Å². The van der Waals surface area contributed by atoms with Crippen molar-refractivity contribution in [3.63, 3.8) is 0 Å². The van der Waals surface area contributed by atoms with E-state index in [4.69, 9.17) is 4.74 Å². The second-order valence-corrected chi connectivity index (χ2v) is 4.84. The van der Waals surface area contributed by atoms with Gasteiger partial charge >= 0.3 is 0 Å². The summed E-state index contributed by atoms with van der Waals surface area (Å²) in [5.74, 6) is 0.292. The number of nitrogens with zero attached hydrogens (tertiary/aromatic N) is 2. The fourth-order valence-electron chi connectivity index (χ4n) is 2.24. The molecule has 1 aromatic rings. The molecule has 1 aromatic carbocycles. The van der Waals surface area contributed by atoms with Crippen LogP contribution in [0.5, 0.6) is 5.75 Å². The molecule has 1 saturated heterocycles. The predicted molar refractivity (Wildman–Crippen MR) is 73.6 cm³/mol. The topological polar surface area (TPSA) is 72.7 Å². The molecule has 0 aliphatic carbocycles. The van der Waals surface area contributed by atoms with Gasteiger partial charge in [-0.3, -0.25) is 14.9 Å². The highest BCUT2D eigenvalue weighted by Gasteiger charge is 2.16. The molecular formula is C14H18N2O4.